The van der Waals surface area contributed by atoms with Gasteiger partial charge in [-0.2, -0.15) is 4.37 Å². The minimum atomic E-state index is -0.600. The number of aromatic nitrogens is 1. The lowest BCUT2D eigenvalue weighted by Gasteiger charge is -2.19. The second-order valence-corrected chi connectivity index (χ2v) is 8.55. The van der Waals surface area contributed by atoms with E-state index in [9.17, 15) is 4.79 Å². The number of hydrogen-bond acceptors (Lipinski definition) is 7. The Balaban J connectivity index is 2.01. The lowest BCUT2D eigenvalue weighted by atomic mass is 9.98. The topological polar surface area (TPSA) is 95.7 Å². The number of nitrogens with two attached hydrogens (primary N) is 1. The third-order valence-electron chi connectivity index (χ3n) is 5.84. The summed E-state index contributed by atoms with van der Waals surface area (Å²) in [5, 5.41) is 4.92. The third-order valence-corrected chi connectivity index (χ3v) is 6.46. The normalized spacial score (nSPS) is 12.7. The summed E-state index contributed by atoms with van der Waals surface area (Å²) >= 11 is 1.37. The molecule has 0 spiro atoms. The van der Waals surface area contributed by atoms with Crippen LogP contribution in [0.25, 0.3) is 22.4 Å². The van der Waals surface area contributed by atoms with Gasteiger partial charge < -0.3 is 25.3 Å². The van der Waals surface area contributed by atoms with Gasteiger partial charge in [0.15, 0.2) is 11.5 Å². The lowest BCUT2D eigenvalue weighted by molar-refractivity contribution is -0.118. The van der Waals surface area contributed by atoms with Crippen molar-refractivity contribution < 1.29 is 19.0 Å². The molecule has 3 N–H and O–H groups in total. The van der Waals surface area contributed by atoms with Gasteiger partial charge in [0, 0.05) is 16.5 Å². The zero-order valence-electron chi connectivity index (χ0n) is 19.9. The van der Waals surface area contributed by atoms with Crippen molar-refractivity contribution in [3.05, 3.63) is 41.3 Å². The van der Waals surface area contributed by atoms with Gasteiger partial charge in [-0.25, -0.2) is 0 Å². The number of carbonyl (C=O) groups is 1. The molecule has 1 amide bonds. The van der Waals surface area contributed by atoms with E-state index in [-0.39, 0.29) is 11.8 Å². The maximum absolute atomic E-state index is 12.7. The standard InChI is InChI=1S/C25H31N3O4S/c1-7-14(2)22(26)25(29)27-19-11-16(8-9-20(19)30-4)18-13-33-28-23(18)17-10-15(3)24(32-6)21(12-17)31-5/h8-14,22H,7,26H2,1-6H3,(H,27,29)/t14?,22-/m1/s1. The van der Waals surface area contributed by atoms with Crippen molar-refractivity contribution in [1.82, 2.24) is 4.37 Å². The monoisotopic (exact) mass is 469 g/mol. The third kappa shape index (κ3) is 5.12. The SMILES string of the molecule is CCC(C)[C@@H](N)C(=O)Nc1cc(-c2csnc2-c2cc(C)c(OC)c(OC)c2)ccc1OC. The van der Waals surface area contributed by atoms with E-state index in [1.54, 1.807) is 21.3 Å². The van der Waals surface area contributed by atoms with E-state index in [4.69, 9.17) is 19.9 Å². The van der Waals surface area contributed by atoms with E-state index in [0.29, 0.717) is 22.9 Å². The molecule has 1 aromatic heterocycles. The van der Waals surface area contributed by atoms with E-state index in [1.807, 2.05) is 56.5 Å². The maximum atomic E-state index is 12.7. The van der Waals surface area contributed by atoms with Crippen LogP contribution < -0.4 is 25.3 Å². The van der Waals surface area contributed by atoms with Crippen molar-refractivity contribution in [2.75, 3.05) is 26.6 Å². The van der Waals surface area contributed by atoms with Gasteiger partial charge in [0.25, 0.3) is 0 Å². The molecule has 3 aromatic rings. The van der Waals surface area contributed by atoms with Crippen LogP contribution in [0.4, 0.5) is 5.69 Å². The molecule has 0 radical (unpaired) electrons. The number of nitrogens with one attached hydrogen (secondary N) is 1. The van der Waals surface area contributed by atoms with Crippen LogP contribution in [0.5, 0.6) is 17.2 Å². The first-order valence-electron chi connectivity index (χ1n) is 10.8. The lowest BCUT2D eigenvalue weighted by Crippen LogP contribution is -2.40. The van der Waals surface area contributed by atoms with Crippen LogP contribution in [-0.4, -0.2) is 37.7 Å². The Kier molecular flexibility index (Phi) is 7.94. The highest BCUT2D eigenvalue weighted by Gasteiger charge is 2.22. The van der Waals surface area contributed by atoms with Crippen molar-refractivity contribution >= 4 is 23.1 Å². The van der Waals surface area contributed by atoms with E-state index in [2.05, 4.69) is 9.69 Å². The van der Waals surface area contributed by atoms with Crippen molar-refractivity contribution in [2.45, 2.75) is 33.2 Å². The van der Waals surface area contributed by atoms with Crippen LogP contribution in [0, 0.1) is 12.8 Å². The fraction of sp³-hybridized carbons (Fsp3) is 0.360. The number of aryl methyl sites for hydroxylation is 1. The zero-order valence-corrected chi connectivity index (χ0v) is 20.7. The number of methoxy groups -OCH3 is 3. The van der Waals surface area contributed by atoms with Crippen molar-refractivity contribution in [3.8, 4) is 39.6 Å². The van der Waals surface area contributed by atoms with Crippen LogP contribution in [0.3, 0.4) is 0 Å². The largest absolute Gasteiger partial charge is 0.495 e. The highest BCUT2D eigenvalue weighted by atomic mass is 32.1. The quantitative estimate of drug-likeness (QED) is 0.451. The summed E-state index contributed by atoms with van der Waals surface area (Å²) in [6, 6.07) is 9.02. The number of hydrogen-bond donors (Lipinski definition) is 2. The zero-order chi connectivity index (χ0) is 24.1. The van der Waals surface area contributed by atoms with Gasteiger partial charge >= 0.3 is 0 Å². The summed E-state index contributed by atoms with van der Waals surface area (Å²) in [4.78, 5) is 12.7. The van der Waals surface area contributed by atoms with Crippen LogP contribution in [0.15, 0.2) is 35.7 Å². The second kappa shape index (κ2) is 10.7. The number of amides is 1. The Bertz CT molecular complexity index is 1130. The molecule has 33 heavy (non-hydrogen) atoms. The number of benzene rings is 2. The number of anilines is 1. The Hall–Kier alpha value is -3.10. The molecule has 0 aliphatic rings. The van der Waals surface area contributed by atoms with E-state index in [0.717, 1.165) is 34.4 Å². The molecule has 0 bridgehead atoms. The van der Waals surface area contributed by atoms with Crippen LogP contribution in [0.1, 0.15) is 25.8 Å². The molecule has 7 nitrogen and oxygen atoms in total. The van der Waals surface area contributed by atoms with Gasteiger partial charge in [-0.3, -0.25) is 4.79 Å². The van der Waals surface area contributed by atoms with Gasteiger partial charge in [-0.1, -0.05) is 26.3 Å². The number of carbonyl (C=O) groups excluding carboxylic acids is 1. The predicted molar refractivity (Wildman–Crippen MR) is 133 cm³/mol. The molecule has 1 heterocycles. The summed E-state index contributed by atoms with van der Waals surface area (Å²) in [5.74, 6) is 1.74. The molecular weight excluding hydrogens is 438 g/mol. The number of ether oxygens (including phenoxy) is 3. The molecule has 0 fully saturated rings. The van der Waals surface area contributed by atoms with Crippen molar-refractivity contribution in [1.29, 1.82) is 0 Å². The van der Waals surface area contributed by atoms with E-state index < -0.39 is 6.04 Å². The van der Waals surface area contributed by atoms with Crippen molar-refractivity contribution in [3.63, 3.8) is 0 Å². The average Bonchev–Trinajstić information content (AvgIpc) is 3.32. The van der Waals surface area contributed by atoms with Crippen molar-refractivity contribution in [2.24, 2.45) is 11.7 Å². The number of rotatable bonds is 9. The Morgan fingerprint density at radius 1 is 1.09 bits per heavy atom. The smallest absolute Gasteiger partial charge is 0.241 e. The molecule has 2 atom stereocenters. The molecule has 3 rings (SSSR count). The van der Waals surface area contributed by atoms with Crippen LogP contribution in [0.2, 0.25) is 0 Å². The highest BCUT2D eigenvalue weighted by Crippen LogP contribution is 2.41. The minimum Gasteiger partial charge on any atom is -0.495 e. The predicted octanol–water partition coefficient (Wildman–Crippen LogP) is 5.12. The van der Waals surface area contributed by atoms with Gasteiger partial charge in [-0.05, 0) is 59.8 Å². The minimum absolute atomic E-state index is 0.0696. The molecule has 8 heteroatoms. The van der Waals surface area contributed by atoms with Crippen LogP contribution in [-0.2, 0) is 4.79 Å². The van der Waals surface area contributed by atoms with Gasteiger partial charge in [0.1, 0.15) is 5.75 Å². The number of nitrogens with zero attached hydrogens (tertiary/aromatic N) is 1. The summed E-state index contributed by atoms with van der Waals surface area (Å²) in [6.45, 7) is 5.95. The summed E-state index contributed by atoms with van der Waals surface area (Å²) in [6.07, 6.45) is 0.820. The second-order valence-electron chi connectivity index (χ2n) is 7.92. The van der Waals surface area contributed by atoms with Gasteiger partial charge in [-0.15, -0.1) is 0 Å². The summed E-state index contributed by atoms with van der Waals surface area (Å²) < 4.78 is 21.1. The molecule has 2 aromatic carbocycles. The molecule has 0 saturated heterocycles. The fourth-order valence-electron chi connectivity index (χ4n) is 3.64. The molecular formula is C25H31N3O4S. The van der Waals surface area contributed by atoms with Gasteiger partial charge in [0.2, 0.25) is 5.91 Å². The maximum Gasteiger partial charge on any atom is 0.241 e. The molecule has 176 valence electrons. The van der Waals surface area contributed by atoms with E-state index >= 15 is 0 Å². The highest BCUT2D eigenvalue weighted by molar-refractivity contribution is 7.04. The first kappa shape index (κ1) is 24.5. The molecule has 0 aliphatic carbocycles. The average molecular weight is 470 g/mol. The Labute approximate surface area is 199 Å². The molecule has 1 unspecified atom stereocenters. The Morgan fingerprint density at radius 2 is 1.82 bits per heavy atom. The molecule has 0 saturated carbocycles. The van der Waals surface area contributed by atoms with Crippen LogP contribution >= 0.6 is 11.5 Å². The summed E-state index contributed by atoms with van der Waals surface area (Å²) in [5.41, 5.74) is 11.2. The Morgan fingerprint density at radius 3 is 2.45 bits per heavy atom. The molecule has 0 aliphatic heterocycles. The first-order chi connectivity index (χ1) is 15.8. The van der Waals surface area contributed by atoms with E-state index in [1.165, 1.54) is 11.5 Å². The van der Waals surface area contributed by atoms with Gasteiger partial charge in [0.05, 0.1) is 38.8 Å². The first-order valence-corrected chi connectivity index (χ1v) is 11.6. The fourth-order valence-corrected chi connectivity index (χ4v) is 4.36. The summed E-state index contributed by atoms with van der Waals surface area (Å²) in [7, 11) is 4.81.